The second kappa shape index (κ2) is 32.6. The molecule has 0 saturated heterocycles. The van der Waals surface area contributed by atoms with Gasteiger partial charge in [-0.05, 0) is 170 Å². The molecule has 1 aliphatic heterocycles. The largest absolute Gasteiger partial charge is 0.456 e. The molecule has 0 radical (unpaired) electrons. The van der Waals surface area contributed by atoms with Crippen LogP contribution in [0.4, 0.5) is 0 Å². The molecule has 2 heterocycles. The first-order valence-electron chi connectivity index (χ1n) is 31.1. The molecule has 0 spiro atoms. The van der Waals surface area contributed by atoms with E-state index in [1.807, 2.05) is 116 Å². The van der Waals surface area contributed by atoms with Crippen molar-refractivity contribution in [1.82, 2.24) is 0 Å². The molecule has 0 atom stereocenters. The molecule has 85 heavy (non-hydrogen) atoms. The number of rotatable bonds is 0. The van der Waals surface area contributed by atoms with Gasteiger partial charge >= 0.3 is 0 Å². The molecule has 0 amide bonds. The Morgan fingerprint density at radius 3 is 1.21 bits per heavy atom. The van der Waals surface area contributed by atoms with Gasteiger partial charge in [-0.3, -0.25) is 4.79 Å². The van der Waals surface area contributed by atoms with Gasteiger partial charge in [0.1, 0.15) is 11.2 Å². The van der Waals surface area contributed by atoms with Gasteiger partial charge in [-0.1, -0.05) is 277 Å². The first-order chi connectivity index (χ1) is 41.4. The topological polar surface area (TPSA) is 48.7 Å². The minimum Gasteiger partial charge on any atom is -0.456 e. The monoisotopic (exact) mass is 1130 g/mol. The van der Waals surface area contributed by atoms with Crippen LogP contribution in [0, 0.1) is 13.8 Å². The van der Waals surface area contributed by atoms with Gasteiger partial charge in [0.15, 0.2) is 11.5 Å². The van der Waals surface area contributed by atoms with E-state index in [0.717, 1.165) is 11.5 Å². The number of benzene rings is 11. The third-order valence-corrected chi connectivity index (χ3v) is 15.5. The molecular formula is C81H92O4. The second-order valence-electron chi connectivity index (χ2n) is 21.7. The van der Waals surface area contributed by atoms with Crippen LogP contribution in [0.3, 0.4) is 0 Å². The highest BCUT2D eigenvalue weighted by atomic mass is 16.7. The van der Waals surface area contributed by atoms with Gasteiger partial charge in [0.2, 0.25) is 12.2 Å². The van der Waals surface area contributed by atoms with E-state index in [0.29, 0.717) is 39.6 Å². The van der Waals surface area contributed by atoms with Crippen molar-refractivity contribution in [2.75, 3.05) is 6.79 Å². The Labute approximate surface area is 508 Å². The lowest BCUT2D eigenvalue weighted by molar-refractivity contribution is 0.174. The van der Waals surface area contributed by atoms with E-state index >= 15 is 0 Å². The summed E-state index contributed by atoms with van der Waals surface area (Å²) in [5.74, 6) is 1.69. The first kappa shape index (κ1) is 65.7. The zero-order valence-corrected chi connectivity index (χ0v) is 53.3. The van der Waals surface area contributed by atoms with Gasteiger partial charge in [0.05, 0.1) is 10.8 Å². The van der Waals surface area contributed by atoms with Crippen LogP contribution in [0.25, 0.3) is 65.0 Å². The SMILES string of the molecule is CC.CC.CC.CC.CC1(C)CCC(C)(C)c2ccccc21.Cc1c2ccccc2cc2ccccc12.Cc1ccc2c(ccc3ccccc32)c1.O=c1c2ccccc2oc2ccccc12.c1ccc2c(c1)CCC2.c1ccc2c(c1)OCO2. The summed E-state index contributed by atoms with van der Waals surface area (Å²) in [6.07, 6.45) is 6.57. The first-order valence-corrected chi connectivity index (χ1v) is 31.1. The lowest BCUT2D eigenvalue weighted by Crippen LogP contribution is -2.33. The van der Waals surface area contributed by atoms with Crippen LogP contribution in [0.1, 0.15) is 136 Å². The molecule has 440 valence electrons. The highest BCUT2D eigenvalue weighted by Gasteiger charge is 2.36. The lowest BCUT2D eigenvalue weighted by atomic mass is 9.63. The number of fused-ring (bicyclic) bond motifs is 10. The fourth-order valence-corrected chi connectivity index (χ4v) is 11.0. The van der Waals surface area contributed by atoms with Crippen molar-refractivity contribution in [3.05, 3.63) is 274 Å². The third kappa shape index (κ3) is 16.7. The summed E-state index contributed by atoms with van der Waals surface area (Å²) < 4.78 is 15.8. The van der Waals surface area contributed by atoms with Crippen molar-refractivity contribution in [3.63, 3.8) is 0 Å². The summed E-state index contributed by atoms with van der Waals surface area (Å²) in [6, 6.07) is 78.8. The number of aryl methyl sites for hydroxylation is 4. The van der Waals surface area contributed by atoms with Crippen molar-refractivity contribution in [2.45, 2.75) is 140 Å². The van der Waals surface area contributed by atoms with Gasteiger partial charge in [-0.15, -0.1) is 0 Å². The molecule has 4 nitrogen and oxygen atoms in total. The smallest absolute Gasteiger partial charge is 0.231 e. The predicted octanol–water partition coefficient (Wildman–Crippen LogP) is 23.3. The molecule has 3 aliphatic rings. The van der Waals surface area contributed by atoms with Crippen LogP contribution < -0.4 is 14.9 Å². The molecule has 0 bridgehead atoms. The van der Waals surface area contributed by atoms with Gasteiger partial charge in [-0.2, -0.15) is 0 Å². The average Bonchev–Trinajstić information content (AvgIpc) is 4.50. The van der Waals surface area contributed by atoms with Crippen molar-refractivity contribution >= 4 is 65.0 Å². The lowest BCUT2D eigenvalue weighted by Gasteiger charge is -2.41. The molecule has 4 heteroatoms. The summed E-state index contributed by atoms with van der Waals surface area (Å²) in [4.78, 5) is 12.0. The van der Waals surface area contributed by atoms with Crippen LogP contribution in [0.5, 0.6) is 11.5 Å². The molecule has 11 aromatic carbocycles. The quantitative estimate of drug-likeness (QED) is 0.112. The Morgan fingerprint density at radius 1 is 0.353 bits per heavy atom. The number of hydrogen-bond donors (Lipinski definition) is 0. The molecule has 0 unspecified atom stereocenters. The Kier molecular flexibility index (Phi) is 25.2. The zero-order chi connectivity index (χ0) is 61.4. The maximum atomic E-state index is 12.0. The van der Waals surface area contributed by atoms with E-state index in [-0.39, 0.29) is 5.43 Å². The van der Waals surface area contributed by atoms with Crippen LogP contribution in [-0.4, -0.2) is 6.79 Å². The third-order valence-electron chi connectivity index (χ3n) is 15.5. The molecular weight excluding hydrogens is 1040 g/mol. The minimum absolute atomic E-state index is 0.0347. The van der Waals surface area contributed by atoms with Gasteiger partial charge in [0.25, 0.3) is 0 Å². The molecule has 2 aliphatic carbocycles. The second-order valence-corrected chi connectivity index (χ2v) is 21.7. The van der Waals surface area contributed by atoms with Crippen molar-refractivity contribution in [2.24, 2.45) is 0 Å². The van der Waals surface area contributed by atoms with Crippen LogP contribution in [0.2, 0.25) is 0 Å². The molecule has 12 aromatic rings. The summed E-state index contributed by atoms with van der Waals surface area (Å²) in [6.45, 7) is 30.1. The normalized spacial score (nSPS) is 13.0. The van der Waals surface area contributed by atoms with Gasteiger partial charge in [-0.25, -0.2) is 0 Å². The maximum Gasteiger partial charge on any atom is 0.231 e. The van der Waals surface area contributed by atoms with Crippen molar-refractivity contribution in [1.29, 1.82) is 0 Å². The Morgan fingerprint density at radius 2 is 0.718 bits per heavy atom. The van der Waals surface area contributed by atoms with E-state index < -0.39 is 0 Å². The molecule has 0 saturated carbocycles. The van der Waals surface area contributed by atoms with E-state index in [1.54, 1.807) is 34.4 Å². The van der Waals surface area contributed by atoms with Crippen molar-refractivity contribution in [3.8, 4) is 11.5 Å². The number of ether oxygens (including phenoxy) is 2. The van der Waals surface area contributed by atoms with Crippen LogP contribution in [-0.2, 0) is 23.7 Å². The Balaban J connectivity index is 0.000000161. The Hall–Kier alpha value is -8.47. The van der Waals surface area contributed by atoms with Gasteiger partial charge in [0, 0.05) is 0 Å². The summed E-state index contributed by atoms with van der Waals surface area (Å²) >= 11 is 0. The Bertz CT molecular complexity index is 3830. The van der Waals surface area contributed by atoms with Crippen molar-refractivity contribution < 1.29 is 13.9 Å². The van der Waals surface area contributed by atoms with Crippen LogP contribution in [0.15, 0.2) is 240 Å². The number of hydrogen-bond acceptors (Lipinski definition) is 4. The highest BCUT2D eigenvalue weighted by Crippen LogP contribution is 2.45. The van der Waals surface area contributed by atoms with E-state index in [9.17, 15) is 4.79 Å². The molecule has 15 rings (SSSR count). The fourth-order valence-electron chi connectivity index (χ4n) is 11.0. The number of para-hydroxylation sites is 4. The van der Waals surface area contributed by atoms with E-state index in [1.165, 1.54) is 86.3 Å². The zero-order valence-electron chi connectivity index (χ0n) is 53.3. The predicted molar refractivity (Wildman–Crippen MR) is 371 cm³/mol. The minimum atomic E-state index is 0.0347. The van der Waals surface area contributed by atoms with Gasteiger partial charge < -0.3 is 13.9 Å². The average molecular weight is 1130 g/mol. The maximum absolute atomic E-state index is 12.0. The summed E-state index contributed by atoms with van der Waals surface area (Å²) in [5.41, 5.74) is 11.0. The molecule has 0 fully saturated rings. The van der Waals surface area contributed by atoms with Crippen LogP contribution >= 0.6 is 0 Å². The van der Waals surface area contributed by atoms with E-state index in [4.69, 9.17) is 13.9 Å². The molecule has 1 aromatic heterocycles. The highest BCUT2D eigenvalue weighted by molar-refractivity contribution is 6.07. The fraction of sp³-hybridized carbons (Fsp3) is 0.272. The standard InChI is InChI=1S/2C15H12.C14H20.C13H8O2.C9H10.C7H6O2.4C2H6/c1-11-14-8-4-2-6-12(14)10-13-7-3-5-9-15(11)13;1-11-6-9-15-13(10-11)8-7-12-4-2-3-5-14(12)15;1-13(2)9-10-14(3,4)12-8-6-5-7-11(12)13;14-13-9-5-1-3-7-11(9)15-12-8-4-2-6-10(12)13;1-2-5-9-7-3-6-8(9)4-1;1-2-4-7-6(3-1)8-5-9-7;4*1-2/h2*2-10H,1H3;5-8H,9-10H2,1-4H3;1-8H;1-2,4-5H,3,6-7H2;1-4H,5H2;4*1-2H3. The molecule has 0 N–H and O–H groups in total. The summed E-state index contributed by atoms with van der Waals surface area (Å²) in [7, 11) is 0. The summed E-state index contributed by atoms with van der Waals surface area (Å²) in [5, 5.41) is 12.0. The van der Waals surface area contributed by atoms with E-state index in [2.05, 4.69) is 199 Å².